The Labute approximate surface area is 103 Å². The standard InChI is InChI=1S/C13H11N.C3H6/c14-13(11-7-3-1-4-8-11)12-9-5-2-6-10-12;1-3-2/h1-10,14H;3H,1H2,2H3. The van der Waals surface area contributed by atoms with Crippen molar-refractivity contribution in [2.75, 3.05) is 0 Å². The molecule has 0 heterocycles. The van der Waals surface area contributed by atoms with Gasteiger partial charge in [-0.1, -0.05) is 66.7 Å². The lowest BCUT2D eigenvalue weighted by Crippen LogP contribution is -1.99. The molecule has 17 heavy (non-hydrogen) atoms. The van der Waals surface area contributed by atoms with Crippen LogP contribution < -0.4 is 0 Å². The molecule has 0 radical (unpaired) electrons. The van der Waals surface area contributed by atoms with Crippen molar-refractivity contribution in [2.45, 2.75) is 6.92 Å². The maximum absolute atomic E-state index is 7.97. The molecule has 0 amide bonds. The van der Waals surface area contributed by atoms with E-state index in [4.69, 9.17) is 5.41 Å². The fourth-order valence-corrected chi connectivity index (χ4v) is 1.38. The first-order valence-corrected chi connectivity index (χ1v) is 5.56. The van der Waals surface area contributed by atoms with Gasteiger partial charge in [-0.3, -0.25) is 5.41 Å². The van der Waals surface area contributed by atoms with E-state index in [0.717, 1.165) is 11.1 Å². The minimum Gasteiger partial charge on any atom is -0.300 e. The zero-order chi connectivity index (χ0) is 12.5. The first-order valence-electron chi connectivity index (χ1n) is 5.56. The normalized spacial score (nSPS) is 8.76. The Morgan fingerprint density at radius 1 is 0.882 bits per heavy atom. The highest BCUT2D eigenvalue weighted by atomic mass is 14.4. The molecule has 2 aromatic carbocycles. The number of rotatable bonds is 2. The van der Waals surface area contributed by atoms with E-state index in [1.54, 1.807) is 6.08 Å². The van der Waals surface area contributed by atoms with Crippen LogP contribution in [0.25, 0.3) is 0 Å². The molecular weight excluding hydrogens is 206 g/mol. The Morgan fingerprint density at radius 3 is 1.47 bits per heavy atom. The summed E-state index contributed by atoms with van der Waals surface area (Å²) in [5, 5.41) is 7.97. The van der Waals surface area contributed by atoms with Crippen molar-refractivity contribution in [2.24, 2.45) is 0 Å². The van der Waals surface area contributed by atoms with Gasteiger partial charge in [-0.2, -0.15) is 0 Å². The molecule has 0 saturated heterocycles. The van der Waals surface area contributed by atoms with Crippen LogP contribution in [0.15, 0.2) is 73.3 Å². The average molecular weight is 223 g/mol. The van der Waals surface area contributed by atoms with Gasteiger partial charge in [0.2, 0.25) is 0 Å². The monoisotopic (exact) mass is 223 g/mol. The van der Waals surface area contributed by atoms with Crippen molar-refractivity contribution < 1.29 is 0 Å². The average Bonchev–Trinajstić information content (AvgIpc) is 2.41. The molecule has 0 unspecified atom stereocenters. The van der Waals surface area contributed by atoms with Crippen LogP contribution >= 0.6 is 0 Å². The summed E-state index contributed by atoms with van der Waals surface area (Å²) in [5.74, 6) is 0. The van der Waals surface area contributed by atoms with E-state index < -0.39 is 0 Å². The van der Waals surface area contributed by atoms with E-state index in [9.17, 15) is 0 Å². The van der Waals surface area contributed by atoms with E-state index in [1.807, 2.05) is 67.6 Å². The Hall–Kier alpha value is -2.15. The smallest absolute Gasteiger partial charge is 0.0684 e. The zero-order valence-electron chi connectivity index (χ0n) is 10.1. The molecule has 0 aromatic heterocycles. The molecule has 0 aliphatic rings. The van der Waals surface area contributed by atoms with Crippen molar-refractivity contribution in [3.8, 4) is 0 Å². The van der Waals surface area contributed by atoms with Crippen molar-refractivity contribution in [3.63, 3.8) is 0 Å². The lowest BCUT2D eigenvalue weighted by Gasteiger charge is -2.02. The Balaban J connectivity index is 0.000000437. The van der Waals surface area contributed by atoms with Crippen LogP contribution in [-0.2, 0) is 0 Å². The predicted octanol–water partition coefficient (Wildman–Crippen LogP) is 4.30. The van der Waals surface area contributed by atoms with Crippen LogP contribution in [0.1, 0.15) is 18.1 Å². The van der Waals surface area contributed by atoms with Gasteiger partial charge in [0, 0.05) is 0 Å². The summed E-state index contributed by atoms with van der Waals surface area (Å²) in [6, 6.07) is 19.5. The fraction of sp³-hybridized carbons (Fsp3) is 0.0625. The lowest BCUT2D eigenvalue weighted by atomic mass is 10.0. The summed E-state index contributed by atoms with van der Waals surface area (Å²) in [7, 11) is 0. The van der Waals surface area contributed by atoms with Crippen LogP contribution in [0.5, 0.6) is 0 Å². The first-order chi connectivity index (χ1) is 8.29. The highest BCUT2D eigenvalue weighted by Gasteiger charge is 2.01. The molecule has 1 N–H and O–H groups in total. The van der Waals surface area contributed by atoms with E-state index in [-0.39, 0.29) is 0 Å². The zero-order valence-corrected chi connectivity index (χ0v) is 10.1. The van der Waals surface area contributed by atoms with Crippen LogP contribution in [0.2, 0.25) is 0 Å². The molecule has 0 spiro atoms. The second-order valence-corrected chi connectivity index (χ2v) is 3.52. The third-order valence-corrected chi connectivity index (χ3v) is 2.12. The van der Waals surface area contributed by atoms with Crippen molar-refractivity contribution in [3.05, 3.63) is 84.4 Å². The van der Waals surface area contributed by atoms with Crippen molar-refractivity contribution in [1.82, 2.24) is 0 Å². The second kappa shape index (κ2) is 7.18. The van der Waals surface area contributed by atoms with Crippen LogP contribution in [0.3, 0.4) is 0 Å². The largest absolute Gasteiger partial charge is 0.300 e. The summed E-state index contributed by atoms with van der Waals surface area (Å²) >= 11 is 0. The summed E-state index contributed by atoms with van der Waals surface area (Å²) in [5.41, 5.74) is 2.49. The molecule has 86 valence electrons. The minimum absolute atomic E-state index is 0.575. The summed E-state index contributed by atoms with van der Waals surface area (Å²) < 4.78 is 0. The number of hydrogen-bond acceptors (Lipinski definition) is 1. The number of nitrogens with one attached hydrogen (secondary N) is 1. The molecule has 1 heteroatoms. The van der Waals surface area contributed by atoms with E-state index >= 15 is 0 Å². The SMILES string of the molecule is C=CC.N=C(c1ccccc1)c1ccccc1. The summed E-state index contributed by atoms with van der Waals surface area (Å²) in [6.07, 6.45) is 1.75. The molecule has 0 aliphatic carbocycles. The Kier molecular flexibility index (Phi) is 5.45. The lowest BCUT2D eigenvalue weighted by molar-refractivity contribution is 1.46. The number of allylic oxidation sites excluding steroid dienone is 1. The third-order valence-electron chi connectivity index (χ3n) is 2.12. The number of hydrogen-bond donors (Lipinski definition) is 1. The fourth-order valence-electron chi connectivity index (χ4n) is 1.38. The molecule has 0 bridgehead atoms. The molecule has 0 saturated carbocycles. The second-order valence-electron chi connectivity index (χ2n) is 3.52. The quantitative estimate of drug-likeness (QED) is 0.580. The van der Waals surface area contributed by atoms with Crippen LogP contribution in [0, 0.1) is 5.41 Å². The van der Waals surface area contributed by atoms with Gasteiger partial charge in [-0.15, -0.1) is 6.58 Å². The van der Waals surface area contributed by atoms with Crippen LogP contribution in [-0.4, -0.2) is 5.71 Å². The highest BCUT2D eigenvalue weighted by Crippen LogP contribution is 2.08. The molecule has 0 fully saturated rings. The summed E-state index contributed by atoms with van der Waals surface area (Å²) in [6.45, 7) is 5.25. The van der Waals surface area contributed by atoms with Crippen molar-refractivity contribution in [1.29, 1.82) is 5.41 Å². The molecule has 2 aromatic rings. The molecule has 0 aliphatic heterocycles. The molecular formula is C16H17N. The number of benzene rings is 2. The summed E-state index contributed by atoms with van der Waals surface area (Å²) in [4.78, 5) is 0. The van der Waals surface area contributed by atoms with Gasteiger partial charge in [0.05, 0.1) is 5.71 Å². The van der Waals surface area contributed by atoms with Gasteiger partial charge < -0.3 is 0 Å². The Morgan fingerprint density at radius 2 is 1.18 bits per heavy atom. The van der Waals surface area contributed by atoms with Crippen LogP contribution in [0.4, 0.5) is 0 Å². The van der Waals surface area contributed by atoms with Crippen molar-refractivity contribution >= 4 is 5.71 Å². The van der Waals surface area contributed by atoms with Gasteiger partial charge in [0.15, 0.2) is 0 Å². The highest BCUT2D eigenvalue weighted by molar-refractivity contribution is 6.10. The molecule has 0 atom stereocenters. The van der Waals surface area contributed by atoms with E-state index in [2.05, 4.69) is 6.58 Å². The van der Waals surface area contributed by atoms with Gasteiger partial charge in [-0.05, 0) is 18.1 Å². The van der Waals surface area contributed by atoms with Gasteiger partial charge in [-0.25, -0.2) is 0 Å². The third kappa shape index (κ3) is 4.07. The van der Waals surface area contributed by atoms with E-state index in [0.29, 0.717) is 5.71 Å². The maximum atomic E-state index is 7.97. The minimum atomic E-state index is 0.575. The maximum Gasteiger partial charge on any atom is 0.0684 e. The predicted molar refractivity (Wildman–Crippen MR) is 74.7 cm³/mol. The van der Waals surface area contributed by atoms with E-state index in [1.165, 1.54) is 0 Å². The first kappa shape index (κ1) is 12.9. The van der Waals surface area contributed by atoms with Gasteiger partial charge >= 0.3 is 0 Å². The Bertz CT molecular complexity index is 416. The van der Waals surface area contributed by atoms with Gasteiger partial charge in [0.1, 0.15) is 0 Å². The molecule has 2 rings (SSSR count). The topological polar surface area (TPSA) is 23.9 Å². The van der Waals surface area contributed by atoms with Gasteiger partial charge in [0.25, 0.3) is 0 Å². The molecule has 1 nitrogen and oxygen atoms in total.